The molecule has 0 aromatic rings. The van der Waals surface area contributed by atoms with E-state index >= 15 is 0 Å². The number of hydrogen-bond donors (Lipinski definition) is 1. The van der Waals surface area contributed by atoms with Crippen molar-refractivity contribution in [3.63, 3.8) is 0 Å². The SMILES string of the molecule is COC1(C)CCCN(C(=O)[C@@H]2C[C@@H]2C(=O)O)C1. The van der Waals surface area contributed by atoms with Gasteiger partial charge in [0.15, 0.2) is 0 Å². The molecular weight excluding hydrogens is 222 g/mol. The van der Waals surface area contributed by atoms with Gasteiger partial charge in [0.2, 0.25) is 5.91 Å². The number of ether oxygens (including phenoxy) is 1. The van der Waals surface area contributed by atoms with Gasteiger partial charge in [-0.25, -0.2) is 0 Å². The van der Waals surface area contributed by atoms with E-state index in [1.807, 2.05) is 6.92 Å². The maximum Gasteiger partial charge on any atom is 0.307 e. The molecule has 0 aromatic heterocycles. The highest BCUT2D eigenvalue weighted by atomic mass is 16.5. The van der Waals surface area contributed by atoms with Gasteiger partial charge in [-0.1, -0.05) is 0 Å². The molecule has 1 heterocycles. The zero-order chi connectivity index (χ0) is 12.6. The summed E-state index contributed by atoms with van der Waals surface area (Å²) in [6.07, 6.45) is 2.36. The first-order valence-electron chi connectivity index (χ1n) is 6.03. The van der Waals surface area contributed by atoms with Gasteiger partial charge in [-0.05, 0) is 26.2 Å². The molecule has 0 radical (unpaired) electrons. The Labute approximate surface area is 101 Å². The van der Waals surface area contributed by atoms with Crippen LogP contribution in [0.15, 0.2) is 0 Å². The van der Waals surface area contributed by atoms with Crippen LogP contribution in [0.2, 0.25) is 0 Å². The van der Waals surface area contributed by atoms with E-state index in [9.17, 15) is 9.59 Å². The lowest BCUT2D eigenvalue weighted by molar-refractivity contribution is -0.145. The smallest absolute Gasteiger partial charge is 0.307 e. The van der Waals surface area contributed by atoms with Crippen molar-refractivity contribution < 1.29 is 19.4 Å². The fourth-order valence-corrected chi connectivity index (χ4v) is 2.54. The molecule has 17 heavy (non-hydrogen) atoms. The van der Waals surface area contributed by atoms with Gasteiger partial charge in [0.05, 0.1) is 17.4 Å². The number of methoxy groups -OCH3 is 1. The van der Waals surface area contributed by atoms with Gasteiger partial charge < -0.3 is 14.7 Å². The van der Waals surface area contributed by atoms with Crippen LogP contribution < -0.4 is 0 Å². The van der Waals surface area contributed by atoms with Crippen LogP contribution in [0.1, 0.15) is 26.2 Å². The summed E-state index contributed by atoms with van der Waals surface area (Å²) in [5, 5.41) is 8.82. The fourth-order valence-electron chi connectivity index (χ4n) is 2.54. The number of rotatable bonds is 3. The summed E-state index contributed by atoms with van der Waals surface area (Å²) in [4.78, 5) is 24.6. The fraction of sp³-hybridized carbons (Fsp3) is 0.833. The van der Waals surface area contributed by atoms with E-state index in [0.29, 0.717) is 13.0 Å². The van der Waals surface area contributed by atoms with E-state index in [-0.39, 0.29) is 17.4 Å². The van der Waals surface area contributed by atoms with Crippen molar-refractivity contribution in [2.24, 2.45) is 11.8 Å². The molecule has 1 amide bonds. The normalized spacial score (nSPS) is 36.7. The minimum Gasteiger partial charge on any atom is -0.481 e. The Bertz CT molecular complexity index is 343. The van der Waals surface area contributed by atoms with Crippen LogP contribution in [0, 0.1) is 11.8 Å². The molecule has 2 aliphatic rings. The lowest BCUT2D eigenvalue weighted by Gasteiger charge is -2.39. The second-order valence-electron chi connectivity index (χ2n) is 5.30. The van der Waals surface area contributed by atoms with Gasteiger partial charge in [-0.3, -0.25) is 9.59 Å². The Morgan fingerprint density at radius 1 is 1.41 bits per heavy atom. The van der Waals surface area contributed by atoms with Gasteiger partial charge >= 0.3 is 5.97 Å². The van der Waals surface area contributed by atoms with E-state index in [4.69, 9.17) is 9.84 Å². The van der Waals surface area contributed by atoms with Crippen LogP contribution in [0.3, 0.4) is 0 Å². The molecule has 2 fully saturated rings. The maximum absolute atomic E-state index is 12.1. The molecular formula is C12H19NO4. The first kappa shape index (κ1) is 12.4. The number of carbonyl (C=O) groups is 2. The molecule has 5 nitrogen and oxygen atoms in total. The molecule has 2 rings (SSSR count). The molecule has 1 aliphatic carbocycles. The third-order valence-electron chi connectivity index (χ3n) is 3.89. The standard InChI is InChI=1S/C12H19NO4/c1-12(17-2)4-3-5-13(7-12)10(14)8-6-9(8)11(15)16/h8-9H,3-7H2,1-2H3,(H,15,16)/t8-,9+,12?/m1/s1. The van der Waals surface area contributed by atoms with Crippen LogP contribution in [0.4, 0.5) is 0 Å². The van der Waals surface area contributed by atoms with E-state index in [0.717, 1.165) is 19.4 Å². The maximum atomic E-state index is 12.1. The summed E-state index contributed by atoms with van der Waals surface area (Å²) in [5.41, 5.74) is -0.276. The highest BCUT2D eigenvalue weighted by Crippen LogP contribution is 2.41. The Hall–Kier alpha value is -1.10. The third kappa shape index (κ3) is 2.44. The largest absolute Gasteiger partial charge is 0.481 e. The Balaban J connectivity index is 1.95. The molecule has 0 aromatic carbocycles. The van der Waals surface area contributed by atoms with Gasteiger partial charge in [-0.15, -0.1) is 0 Å². The molecule has 1 unspecified atom stereocenters. The number of aliphatic carboxylic acids is 1. The number of nitrogens with zero attached hydrogens (tertiary/aromatic N) is 1. The van der Waals surface area contributed by atoms with Gasteiger partial charge in [0.1, 0.15) is 0 Å². The van der Waals surface area contributed by atoms with Crippen molar-refractivity contribution in [3.8, 4) is 0 Å². The van der Waals surface area contributed by atoms with Gasteiger partial charge in [-0.2, -0.15) is 0 Å². The molecule has 1 saturated heterocycles. The molecule has 96 valence electrons. The monoisotopic (exact) mass is 241 g/mol. The first-order valence-corrected chi connectivity index (χ1v) is 6.03. The summed E-state index contributed by atoms with van der Waals surface area (Å²) in [5.74, 6) is -1.62. The summed E-state index contributed by atoms with van der Waals surface area (Å²) in [7, 11) is 1.66. The van der Waals surface area contributed by atoms with Crippen LogP contribution in [0.25, 0.3) is 0 Å². The number of piperidine rings is 1. The Morgan fingerprint density at radius 3 is 2.65 bits per heavy atom. The number of carboxylic acids is 1. The van der Waals surface area contributed by atoms with Crippen molar-refractivity contribution in [3.05, 3.63) is 0 Å². The number of likely N-dealkylation sites (tertiary alicyclic amines) is 1. The predicted octanol–water partition coefficient (Wildman–Crippen LogP) is 0.735. The quantitative estimate of drug-likeness (QED) is 0.791. The average molecular weight is 241 g/mol. The van der Waals surface area contributed by atoms with Crippen LogP contribution in [-0.4, -0.2) is 47.7 Å². The van der Waals surface area contributed by atoms with Gasteiger partial charge in [0, 0.05) is 20.2 Å². The first-order chi connectivity index (χ1) is 7.97. The zero-order valence-electron chi connectivity index (χ0n) is 10.3. The number of hydrogen-bond acceptors (Lipinski definition) is 3. The predicted molar refractivity (Wildman–Crippen MR) is 60.5 cm³/mol. The molecule has 1 aliphatic heterocycles. The molecule has 1 N–H and O–H groups in total. The van der Waals surface area contributed by atoms with Gasteiger partial charge in [0.25, 0.3) is 0 Å². The van der Waals surface area contributed by atoms with Crippen molar-refractivity contribution in [1.82, 2.24) is 4.90 Å². The van der Waals surface area contributed by atoms with Crippen molar-refractivity contribution in [1.29, 1.82) is 0 Å². The minimum absolute atomic E-state index is 0.0135. The number of carboxylic acid groups (broad SMARTS) is 1. The summed E-state index contributed by atoms with van der Waals surface area (Å²) in [6.45, 7) is 3.29. The van der Waals surface area contributed by atoms with E-state index < -0.39 is 11.9 Å². The van der Waals surface area contributed by atoms with Crippen molar-refractivity contribution in [2.75, 3.05) is 20.2 Å². The van der Waals surface area contributed by atoms with Crippen LogP contribution >= 0.6 is 0 Å². The molecule has 0 spiro atoms. The zero-order valence-corrected chi connectivity index (χ0v) is 10.3. The van der Waals surface area contributed by atoms with Crippen LogP contribution in [-0.2, 0) is 14.3 Å². The summed E-state index contributed by atoms with van der Waals surface area (Å²) in [6, 6.07) is 0. The summed E-state index contributed by atoms with van der Waals surface area (Å²) < 4.78 is 5.42. The molecule has 3 atom stereocenters. The average Bonchev–Trinajstić information content (AvgIpc) is 3.08. The second kappa shape index (κ2) is 4.29. The second-order valence-corrected chi connectivity index (χ2v) is 5.30. The topological polar surface area (TPSA) is 66.8 Å². The molecule has 5 heteroatoms. The van der Waals surface area contributed by atoms with Crippen molar-refractivity contribution >= 4 is 11.9 Å². The summed E-state index contributed by atoms with van der Waals surface area (Å²) >= 11 is 0. The van der Waals surface area contributed by atoms with E-state index in [2.05, 4.69) is 0 Å². The lowest BCUT2D eigenvalue weighted by atomic mass is 9.94. The Kier molecular flexibility index (Phi) is 3.12. The highest BCUT2D eigenvalue weighted by Gasteiger charge is 2.50. The lowest BCUT2D eigenvalue weighted by Crippen LogP contribution is -2.50. The van der Waals surface area contributed by atoms with Crippen LogP contribution in [0.5, 0.6) is 0 Å². The third-order valence-corrected chi connectivity index (χ3v) is 3.89. The minimum atomic E-state index is -0.852. The number of carbonyl (C=O) groups excluding carboxylic acids is 1. The molecule has 1 saturated carbocycles. The molecule has 0 bridgehead atoms. The van der Waals surface area contributed by atoms with Crippen molar-refractivity contribution in [2.45, 2.75) is 31.8 Å². The van der Waals surface area contributed by atoms with E-state index in [1.165, 1.54) is 0 Å². The highest BCUT2D eigenvalue weighted by molar-refractivity contribution is 5.89. The Morgan fingerprint density at radius 2 is 2.12 bits per heavy atom. The van der Waals surface area contributed by atoms with E-state index in [1.54, 1.807) is 12.0 Å². The number of amides is 1.